The molecule has 20 heavy (non-hydrogen) atoms. The Labute approximate surface area is 124 Å². The predicted octanol–water partition coefficient (Wildman–Crippen LogP) is 2.30. The zero-order valence-corrected chi connectivity index (χ0v) is 12.1. The average molecular weight is 298 g/mol. The van der Waals surface area contributed by atoms with E-state index in [0.29, 0.717) is 22.9 Å². The van der Waals surface area contributed by atoms with Crippen LogP contribution in [0.1, 0.15) is 24.8 Å². The molecular weight excluding hydrogens is 278 g/mol. The number of nitrogens with two attached hydrogens (primary N) is 1. The van der Waals surface area contributed by atoms with Crippen LogP contribution in [0.15, 0.2) is 23.4 Å². The standard InChI is InChI=1S/C14H20ClN3O2/c15-11-4-5-12(14(16)17-19)13(10-11)20-9-3-8-18-6-1-2-7-18/h4-5,10,19H,1-3,6-9H2,(H2,16,17). The van der Waals surface area contributed by atoms with Crippen molar-refractivity contribution in [3.05, 3.63) is 28.8 Å². The Hall–Kier alpha value is -1.46. The number of ether oxygens (including phenoxy) is 1. The van der Waals surface area contributed by atoms with Crippen LogP contribution in [0.5, 0.6) is 5.75 Å². The zero-order valence-electron chi connectivity index (χ0n) is 11.4. The molecule has 1 heterocycles. The van der Waals surface area contributed by atoms with E-state index < -0.39 is 0 Å². The van der Waals surface area contributed by atoms with Crippen LogP contribution in [0.3, 0.4) is 0 Å². The Morgan fingerprint density at radius 2 is 2.15 bits per heavy atom. The van der Waals surface area contributed by atoms with Crippen LogP contribution >= 0.6 is 11.6 Å². The zero-order chi connectivity index (χ0) is 14.4. The molecule has 0 aliphatic carbocycles. The molecular formula is C14H20ClN3O2. The van der Waals surface area contributed by atoms with E-state index in [2.05, 4.69) is 10.1 Å². The summed E-state index contributed by atoms with van der Waals surface area (Å²) in [5.41, 5.74) is 6.17. The molecule has 0 atom stereocenters. The van der Waals surface area contributed by atoms with Crippen molar-refractivity contribution in [1.29, 1.82) is 0 Å². The molecule has 3 N–H and O–H groups in total. The molecule has 1 fully saturated rings. The van der Waals surface area contributed by atoms with E-state index >= 15 is 0 Å². The fourth-order valence-corrected chi connectivity index (χ4v) is 2.52. The Balaban J connectivity index is 1.89. The summed E-state index contributed by atoms with van der Waals surface area (Å²) in [5, 5.41) is 12.3. The highest BCUT2D eigenvalue weighted by Gasteiger charge is 2.12. The molecule has 0 saturated carbocycles. The van der Waals surface area contributed by atoms with Gasteiger partial charge < -0.3 is 20.6 Å². The number of benzene rings is 1. The molecule has 2 rings (SSSR count). The second-order valence-corrected chi connectivity index (χ2v) is 5.31. The molecule has 1 aliphatic rings. The van der Waals surface area contributed by atoms with E-state index in [-0.39, 0.29) is 5.84 Å². The minimum Gasteiger partial charge on any atom is -0.493 e. The van der Waals surface area contributed by atoms with Gasteiger partial charge in [0.1, 0.15) is 5.75 Å². The fourth-order valence-electron chi connectivity index (χ4n) is 2.36. The first-order valence-corrected chi connectivity index (χ1v) is 7.21. The summed E-state index contributed by atoms with van der Waals surface area (Å²) >= 11 is 5.95. The Morgan fingerprint density at radius 3 is 2.85 bits per heavy atom. The van der Waals surface area contributed by atoms with Gasteiger partial charge in [-0.05, 0) is 50.6 Å². The van der Waals surface area contributed by atoms with Crippen molar-refractivity contribution in [2.75, 3.05) is 26.2 Å². The van der Waals surface area contributed by atoms with E-state index in [4.69, 9.17) is 27.3 Å². The molecule has 1 aromatic carbocycles. The normalized spacial score (nSPS) is 16.6. The van der Waals surface area contributed by atoms with Crippen molar-refractivity contribution in [3.63, 3.8) is 0 Å². The molecule has 110 valence electrons. The molecule has 1 aliphatic heterocycles. The van der Waals surface area contributed by atoms with Gasteiger partial charge in [0.05, 0.1) is 12.2 Å². The highest BCUT2D eigenvalue weighted by molar-refractivity contribution is 6.30. The first-order chi connectivity index (χ1) is 9.70. The lowest BCUT2D eigenvalue weighted by atomic mass is 10.2. The minimum absolute atomic E-state index is 0.0243. The maximum atomic E-state index is 8.76. The van der Waals surface area contributed by atoms with Gasteiger partial charge in [0.25, 0.3) is 0 Å². The fraction of sp³-hybridized carbons (Fsp3) is 0.500. The molecule has 5 nitrogen and oxygen atoms in total. The largest absolute Gasteiger partial charge is 0.493 e. The third kappa shape index (κ3) is 4.02. The lowest BCUT2D eigenvalue weighted by molar-refractivity contribution is 0.263. The van der Waals surface area contributed by atoms with Crippen molar-refractivity contribution < 1.29 is 9.94 Å². The number of hydrogen-bond donors (Lipinski definition) is 2. The molecule has 0 amide bonds. The van der Waals surface area contributed by atoms with Crippen LogP contribution in [0, 0.1) is 0 Å². The molecule has 6 heteroatoms. The van der Waals surface area contributed by atoms with Crippen LogP contribution < -0.4 is 10.5 Å². The Morgan fingerprint density at radius 1 is 1.40 bits per heavy atom. The Kier molecular flexibility index (Phi) is 5.49. The van der Waals surface area contributed by atoms with Gasteiger partial charge in [-0.3, -0.25) is 0 Å². The summed E-state index contributed by atoms with van der Waals surface area (Å²) < 4.78 is 5.72. The van der Waals surface area contributed by atoms with Gasteiger partial charge in [0.15, 0.2) is 5.84 Å². The summed E-state index contributed by atoms with van der Waals surface area (Å²) in [7, 11) is 0. The van der Waals surface area contributed by atoms with Crippen LogP contribution in [-0.4, -0.2) is 42.2 Å². The first-order valence-electron chi connectivity index (χ1n) is 6.83. The number of nitrogens with zero attached hydrogens (tertiary/aromatic N) is 2. The summed E-state index contributed by atoms with van der Waals surface area (Å²) in [4.78, 5) is 2.44. The van der Waals surface area contributed by atoms with Crippen LogP contribution in [0.25, 0.3) is 0 Å². The monoisotopic (exact) mass is 297 g/mol. The van der Waals surface area contributed by atoms with Crippen LogP contribution in [0.4, 0.5) is 0 Å². The van der Waals surface area contributed by atoms with E-state index in [9.17, 15) is 0 Å². The third-order valence-electron chi connectivity index (χ3n) is 3.40. The lowest BCUT2D eigenvalue weighted by Crippen LogP contribution is -2.22. The number of halogens is 1. The maximum absolute atomic E-state index is 8.76. The van der Waals surface area contributed by atoms with Crippen molar-refractivity contribution in [2.45, 2.75) is 19.3 Å². The Bertz CT molecular complexity index is 473. The number of hydrogen-bond acceptors (Lipinski definition) is 4. The van der Waals surface area contributed by atoms with Gasteiger partial charge in [0.2, 0.25) is 0 Å². The number of rotatable bonds is 6. The van der Waals surface area contributed by atoms with Crippen molar-refractivity contribution in [2.24, 2.45) is 10.9 Å². The molecule has 0 aromatic heterocycles. The second kappa shape index (κ2) is 7.36. The van der Waals surface area contributed by atoms with Crippen LogP contribution in [-0.2, 0) is 0 Å². The van der Waals surface area contributed by atoms with Crippen molar-refractivity contribution >= 4 is 17.4 Å². The first kappa shape index (κ1) is 14.9. The number of amidine groups is 1. The van der Waals surface area contributed by atoms with E-state index in [1.54, 1.807) is 18.2 Å². The van der Waals surface area contributed by atoms with E-state index in [0.717, 1.165) is 13.0 Å². The third-order valence-corrected chi connectivity index (χ3v) is 3.64. The molecule has 0 bridgehead atoms. The van der Waals surface area contributed by atoms with Gasteiger partial charge in [-0.1, -0.05) is 16.8 Å². The molecule has 0 unspecified atom stereocenters. The topological polar surface area (TPSA) is 71.1 Å². The highest BCUT2D eigenvalue weighted by Crippen LogP contribution is 2.23. The van der Waals surface area contributed by atoms with E-state index in [1.807, 2.05) is 0 Å². The van der Waals surface area contributed by atoms with Crippen LogP contribution in [0.2, 0.25) is 5.02 Å². The van der Waals surface area contributed by atoms with E-state index in [1.165, 1.54) is 25.9 Å². The van der Waals surface area contributed by atoms with Gasteiger partial charge in [-0.25, -0.2) is 0 Å². The summed E-state index contributed by atoms with van der Waals surface area (Å²) in [6.45, 7) is 4.00. The summed E-state index contributed by atoms with van der Waals surface area (Å²) in [6, 6.07) is 5.06. The van der Waals surface area contributed by atoms with Crippen molar-refractivity contribution in [1.82, 2.24) is 4.90 Å². The molecule has 0 spiro atoms. The quantitative estimate of drug-likeness (QED) is 0.278. The smallest absolute Gasteiger partial charge is 0.173 e. The predicted molar refractivity (Wildman–Crippen MR) is 79.7 cm³/mol. The second-order valence-electron chi connectivity index (χ2n) is 4.88. The summed E-state index contributed by atoms with van der Waals surface area (Å²) in [5.74, 6) is 0.574. The molecule has 0 radical (unpaired) electrons. The number of likely N-dealkylation sites (tertiary alicyclic amines) is 1. The van der Waals surface area contributed by atoms with Gasteiger partial charge in [0, 0.05) is 11.6 Å². The number of oxime groups is 1. The highest BCUT2D eigenvalue weighted by atomic mass is 35.5. The SMILES string of the molecule is N/C(=N/O)c1ccc(Cl)cc1OCCCN1CCCC1. The minimum atomic E-state index is 0.0243. The van der Waals surface area contributed by atoms with Gasteiger partial charge in [-0.15, -0.1) is 0 Å². The molecule has 1 aromatic rings. The van der Waals surface area contributed by atoms with Gasteiger partial charge in [-0.2, -0.15) is 0 Å². The average Bonchev–Trinajstić information content (AvgIpc) is 2.96. The lowest BCUT2D eigenvalue weighted by Gasteiger charge is -2.15. The summed E-state index contributed by atoms with van der Waals surface area (Å²) in [6.07, 6.45) is 3.54. The van der Waals surface area contributed by atoms with Gasteiger partial charge >= 0.3 is 0 Å². The van der Waals surface area contributed by atoms with Crippen molar-refractivity contribution in [3.8, 4) is 5.75 Å². The molecule has 1 saturated heterocycles. The maximum Gasteiger partial charge on any atom is 0.173 e.